The van der Waals surface area contributed by atoms with Crippen LogP contribution in [0, 0.1) is 11.3 Å². The highest BCUT2D eigenvalue weighted by Gasteiger charge is 2.36. The van der Waals surface area contributed by atoms with E-state index in [0.29, 0.717) is 11.4 Å². The molecule has 1 aromatic heterocycles. The largest absolute Gasteiger partial charge is 0.345 e. The molecule has 0 unspecified atom stereocenters. The Morgan fingerprint density at radius 1 is 1.05 bits per heavy atom. The van der Waals surface area contributed by atoms with Crippen LogP contribution in [0.2, 0.25) is 0 Å². The Morgan fingerprint density at radius 3 is 2.58 bits per heavy atom. The van der Waals surface area contributed by atoms with Gasteiger partial charge in [0.05, 0.1) is 35.3 Å². The molecule has 9 nitrogen and oxygen atoms in total. The van der Waals surface area contributed by atoms with Crippen LogP contribution < -0.4 is 10.2 Å². The van der Waals surface area contributed by atoms with Gasteiger partial charge in [-0.25, -0.2) is 14.8 Å². The molecule has 2 aromatic carbocycles. The van der Waals surface area contributed by atoms with Crippen LogP contribution >= 0.6 is 0 Å². The fourth-order valence-electron chi connectivity index (χ4n) is 5.06. The standard InChI is InChI=1S/C29H34N6O3/c1-29(2,3)25(36)16-34-24-12-8-7-11-21(24)27(19-9-5-4-6-10-19)33-35(28(34)38)17-26(37)32-20-13-14-22-23(15-20)31-18-30-22/h7-8,11-15,18-19H,4-6,9-10,16-17H2,1-3H3,(H,30,31)(H,32,37). The molecule has 0 bridgehead atoms. The van der Waals surface area contributed by atoms with Crippen molar-refractivity contribution in [1.29, 1.82) is 0 Å². The van der Waals surface area contributed by atoms with Crippen molar-refractivity contribution in [2.45, 2.75) is 52.9 Å². The molecule has 0 radical (unpaired) electrons. The number of fused-ring (bicyclic) bond motifs is 2. The fourth-order valence-corrected chi connectivity index (χ4v) is 5.06. The Balaban J connectivity index is 1.48. The van der Waals surface area contributed by atoms with Crippen LogP contribution in [0.5, 0.6) is 0 Å². The molecule has 1 aliphatic carbocycles. The number of para-hydroxylation sites is 1. The number of hydrogen-bond donors (Lipinski definition) is 2. The number of aromatic nitrogens is 2. The molecule has 198 valence electrons. The number of benzene rings is 2. The Morgan fingerprint density at radius 2 is 1.82 bits per heavy atom. The number of nitrogens with one attached hydrogen (secondary N) is 2. The van der Waals surface area contributed by atoms with Crippen molar-refractivity contribution < 1.29 is 14.4 Å². The summed E-state index contributed by atoms with van der Waals surface area (Å²) >= 11 is 0. The lowest BCUT2D eigenvalue weighted by Gasteiger charge is -2.28. The number of carbonyl (C=O) groups excluding carboxylic acids is 3. The maximum absolute atomic E-state index is 13.9. The molecule has 3 aromatic rings. The Bertz CT molecular complexity index is 1400. The minimum atomic E-state index is -0.623. The van der Waals surface area contributed by atoms with Crippen LogP contribution in [0.3, 0.4) is 0 Å². The summed E-state index contributed by atoms with van der Waals surface area (Å²) in [7, 11) is 0. The molecule has 1 aliphatic heterocycles. The number of anilines is 2. The molecule has 9 heteroatoms. The number of carbonyl (C=O) groups is 3. The zero-order chi connectivity index (χ0) is 26.9. The summed E-state index contributed by atoms with van der Waals surface area (Å²) in [6, 6.07) is 12.5. The van der Waals surface area contributed by atoms with Crippen LogP contribution in [0.15, 0.2) is 53.9 Å². The summed E-state index contributed by atoms with van der Waals surface area (Å²) < 4.78 is 0. The van der Waals surface area contributed by atoms with Crippen molar-refractivity contribution in [1.82, 2.24) is 15.0 Å². The molecule has 1 saturated carbocycles. The zero-order valence-corrected chi connectivity index (χ0v) is 22.2. The summed E-state index contributed by atoms with van der Waals surface area (Å²) in [6.45, 7) is 5.16. The number of rotatable bonds is 6. The third kappa shape index (κ3) is 5.32. The van der Waals surface area contributed by atoms with E-state index in [1.54, 1.807) is 18.5 Å². The van der Waals surface area contributed by atoms with Gasteiger partial charge in [0, 0.05) is 22.6 Å². The van der Waals surface area contributed by atoms with E-state index in [-0.39, 0.29) is 30.7 Å². The fraction of sp³-hybridized carbons (Fsp3) is 0.414. The van der Waals surface area contributed by atoms with E-state index in [9.17, 15) is 14.4 Å². The van der Waals surface area contributed by atoms with Crippen LogP contribution in [0.25, 0.3) is 11.0 Å². The quantitative estimate of drug-likeness (QED) is 0.462. The topological polar surface area (TPSA) is 111 Å². The zero-order valence-electron chi connectivity index (χ0n) is 22.2. The summed E-state index contributed by atoms with van der Waals surface area (Å²) in [5, 5.41) is 8.93. The van der Waals surface area contributed by atoms with Crippen molar-refractivity contribution in [2.75, 3.05) is 23.3 Å². The highest BCUT2D eigenvalue weighted by molar-refractivity contribution is 6.13. The Kier molecular flexibility index (Phi) is 7.01. The first-order valence-corrected chi connectivity index (χ1v) is 13.2. The van der Waals surface area contributed by atoms with Gasteiger partial charge in [0.1, 0.15) is 6.54 Å². The van der Waals surface area contributed by atoms with Gasteiger partial charge in [-0.1, -0.05) is 58.2 Å². The third-order valence-corrected chi connectivity index (χ3v) is 7.28. The third-order valence-electron chi connectivity index (χ3n) is 7.28. The molecule has 5 rings (SSSR count). The SMILES string of the molecule is CC(C)(C)C(=O)CN1C(=O)N(CC(=O)Nc2ccc3nc[nH]c3c2)N=C(C2CCCCC2)c2ccccc21. The van der Waals surface area contributed by atoms with E-state index >= 15 is 0 Å². The number of Topliss-reactive ketones (excluding diaryl/α,β-unsaturated/α-hetero) is 1. The predicted octanol–water partition coefficient (Wildman–Crippen LogP) is 5.34. The number of nitrogens with zero attached hydrogens (tertiary/aromatic N) is 4. The maximum atomic E-state index is 13.9. The average Bonchev–Trinajstić information content (AvgIpc) is 3.33. The summed E-state index contributed by atoms with van der Waals surface area (Å²) in [6.07, 6.45) is 6.94. The summed E-state index contributed by atoms with van der Waals surface area (Å²) in [5.41, 5.74) is 3.88. The molecule has 0 atom stereocenters. The van der Waals surface area contributed by atoms with Gasteiger partial charge in [-0.15, -0.1) is 0 Å². The van der Waals surface area contributed by atoms with E-state index in [2.05, 4.69) is 15.3 Å². The molecule has 2 N–H and O–H groups in total. The molecule has 2 aliphatic rings. The van der Waals surface area contributed by atoms with Gasteiger partial charge in [0.15, 0.2) is 5.78 Å². The minimum Gasteiger partial charge on any atom is -0.345 e. The minimum absolute atomic E-state index is 0.0703. The smallest absolute Gasteiger partial charge is 0.345 e. The van der Waals surface area contributed by atoms with E-state index < -0.39 is 11.4 Å². The van der Waals surface area contributed by atoms with Crippen molar-refractivity contribution in [3.63, 3.8) is 0 Å². The van der Waals surface area contributed by atoms with Crippen molar-refractivity contribution in [2.24, 2.45) is 16.4 Å². The molecule has 0 saturated heterocycles. The molecule has 0 spiro atoms. The van der Waals surface area contributed by atoms with Gasteiger partial charge in [-0.3, -0.25) is 14.5 Å². The van der Waals surface area contributed by atoms with Crippen LogP contribution in [0.1, 0.15) is 58.4 Å². The van der Waals surface area contributed by atoms with Crippen molar-refractivity contribution in [3.05, 3.63) is 54.4 Å². The van der Waals surface area contributed by atoms with Crippen LogP contribution in [-0.2, 0) is 9.59 Å². The number of aromatic amines is 1. The number of imidazole rings is 1. The number of ketones is 1. The number of urea groups is 1. The first-order chi connectivity index (χ1) is 18.2. The van der Waals surface area contributed by atoms with Gasteiger partial charge in [-0.05, 0) is 37.1 Å². The highest BCUT2D eigenvalue weighted by Crippen LogP contribution is 2.34. The monoisotopic (exact) mass is 514 g/mol. The van der Waals surface area contributed by atoms with Crippen LogP contribution in [-0.4, -0.2) is 51.5 Å². The maximum Gasteiger partial charge on any atom is 0.345 e. The van der Waals surface area contributed by atoms with Gasteiger partial charge >= 0.3 is 6.03 Å². The van der Waals surface area contributed by atoms with E-state index in [4.69, 9.17) is 5.10 Å². The van der Waals surface area contributed by atoms with Gasteiger partial charge < -0.3 is 10.3 Å². The normalized spacial score (nSPS) is 16.7. The Labute approximate surface area is 222 Å². The second-order valence-corrected chi connectivity index (χ2v) is 11.1. The van der Waals surface area contributed by atoms with Crippen molar-refractivity contribution in [3.8, 4) is 0 Å². The molecule has 2 heterocycles. The van der Waals surface area contributed by atoms with Gasteiger partial charge in [0.2, 0.25) is 5.91 Å². The summed E-state index contributed by atoms with van der Waals surface area (Å²) in [4.78, 5) is 48.9. The number of H-pyrrole nitrogens is 1. The van der Waals surface area contributed by atoms with Gasteiger partial charge in [-0.2, -0.15) is 5.10 Å². The second kappa shape index (κ2) is 10.4. The van der Waals surface area contributed by atoms with Crippen molar-refractivity contribution >= 4 is 45.8 Å². The average molecular weight is 515 g/mol. The van der Waals surface area contributed by atoms with Gasteiger partial charge in [0.25, 0.3) is 0 Å². The number of hydrazone groups is 1. The number of amides is 3. The molecular weight excluding hydrogens is 480 g/mol. The second-order valence-electron chi connectivity index (χ2n) is 11.1. The lowest BCUT2D eigenvalue weighted by Crippen LogP contribution is -2.47. The highest BCUT2D eigenvalue weighted by atomic mass is 16.2. The van der Waals surface area contributed by atoms with E-state index in [0.717, 1.165) is 48.0 Å². The van der Waals surface area contributed by atoms with E-state index in [1.165, 1.54) is 16.3 Å². The molecule has 1 fully saturated rings. The van der Waals surface area contributed by atoms with Crippen LogP contribution in [0.4, 0.5) is 16.2 Å². The predicted molar refractivity (Wildman–Crippen MR) is 148 cm³/mol. The molecule has 3 amide bonds. The van der Waals surface area contributed by atoms with E-state index in [1.807, 2.05) is 51.1 Å². The first-order valence-electron chi connectivity index (χ1n) is 13.2. The molecular formula is C29H34N6O3. The number of hydrogen-bond acceptors (Lipinski definition) is 5. The lowest BCUT2D eigenvalue weighted by molar-refractivity contribution is -0.124. The first kappa shape index (κ1) is 25.6. The Hall–Kier alpha value is -4.01. The molecule has 38 heavy (non-hydrogen) atoms. The summed E-state index contributed by atoms with van der Waals surface area (Å²) in [5.74, 6) is -0.264. The lowest BCUT2D eigenvalue weighted by atomic mass is 9.83.